The number of amides is 1. The first-order valence-electron chi connectivity index (χ1n) is 6.77. The van der Waals surface area contributed by atoms with Gasteiger partial charge in [0.15, 0.2) is 0 Å². The van der Waals surface area contributed by atoms with Gasteiger partial charge in [-0.3, -0.25) is 9.59 Å². The molecule has 1 rings (SSSR count). The number of rotatable bonds is 6. The molecule has 0 spiro atoms. The Morgan fingerprint density at radius 2 is 2.00 bits per heavy atom. The standard InChI is InChI=1S/C13H24N2O3.ClH/c1-3-18-12(16)8-10(2)9-15-13(17)11-4-6-14-7-5-11;/h10-11,14H,3-9H2,1-2H3,(H,15,17);1H. The fourth-order valence-electron chi connectivity index (χ4n) is 2.08. The lowest BCUT2D eigenvalue weighted by Gasteiger charge is -2.22. The lowest BCUT2D eigenvalue weighted by atomic mass is 9.97. The number of esters is 1. The Bertz CT molecular complexity index is 281. The van der Waals surface area contributed by atoms with E-state index in [9.17, 15) is 9.59 Å². The van der Waals surface area contributed by atoms with Crippen LogP contribution in [0.1, 0.15) is 33.1 Å². The molecule has 5 nitrogen and oxygen atoms in total. The monoisotopic (exact) mass is 292 g/mol. The number of halogens is 1. The largest absolute Gasteiger partial charge is 0.466 e. The first-order valence-corrected chi connectivity index (χ1v) is 6.77. The van der Waals surface area contributed by atoms with E-state index in [0.717, 1.165) is 25.9 Å². The summed E-state index contributed by atoms with van der Waals surface area (Å²) in [6, 6.07) is 0. The minimum absolute atomic E-state index is 0. The van der Waals surface area contributed by atoms with E-state index in [-0.39, 0.29) is 36.1 Å². The molecule has 0 aromatic carbocycles. The van der Waals surface area contributed by atoms with Crippen LogP contribution >= 0.6 is 12.4 Å². The van der Waals surface area contributed by atoms with Gasteiger partial charge in [0.25, 0.3) is 0 Å². The van der Waals surface area contributed by atoms with E-state index in [1.807, 2.05) is 6.92 Å². The Hall–Kier alpha value is -0.810. The van der Waals surface area contributed by atoms with Gasteiger partial charge in [0, 0.05) is 18.9 Å². The van der Waals surface area contributed by atoms with Crippen LogP contribution in [0.15, 0.2) is 0 Å². The smallest absolute Gasteiger partial charge is 0.306 e. The molecule has 1 saturated heterocycles. The quantitative estimate of drug-likeness (QED) is 0.720. The van der Waals surface area contributed by atoms with E-state index in [1.165, 1.54) is 0 Å². The highest BCUT2D eigenvalue weighted by molar-refractivity contribution is 5.85. The van der Waals surface area contributed by atoms with Gasteiger partial charge in [-0.15, -0.1) is 12.4 Å². The minimum Gasteiger partial charge on any atom is -0.466 e. The van der Waals surface area contributed by atoms with Crippen molar-refractivity contribution in [3.05, 3.63) is 0 Å². The molecule has 1 aliphatic heterocycles. The van der Waals surface area contributed by atoms with E-state index in [4.69, 9.17) is 4.74 Å². The molecule has 19 heavy (non-hydrogen) atoms. The fourth-order valence-corrected chi connectivity index (χ4v) is 2.08. The Morgan fingerprint density at radius 3 is 2.58 bits per heavy atom. The second kappa shape index (κ2) is 10.0. The summed E-state index contributed by atoms with van der Waals surface area (Å²) >= 11 is 0. The van der Waals surface area contributed by atoms with Crippen LogP contribution in [0.4, 0.5) is 0 Å². The predicted molar refractivity (Wildman–Crippen MR) is 76.3 cm³/mol. The van der Waals surface area contributed by atoms with Crippen LogP contribution in [0.25, 0.3) is 0 Å². The van der Waals surface area contributed by atoms with Crippen LogP contribution in [0.2, 0.25) is 0 Å². The third-order valence-corrected chi connectivity index (χ3v) is 3.16. The van der Waals surface area contributed by atoms with Gasteiger partial charge in [-0.2, -0.15) is 0 Å². The zero-order chi connectivity index (χ0) is 13.4. The Kier molecular flexibility index (Phi) is 9.61. The highest BCUT2D eigenvalue weighted by Crippen LogP contribution is 2.11. The Labute approximate surface area is 121 Å². The lowest BCUT2D eigenvalue weighted by molar-refractivity contribution is -0.144. The van der Waals surface area contributed by atoms with Gasteiger partial charge in [-0.1, -0.05) is 6.92 Å². The van der Waals surface area contributed by atoms with Crippen molar-refractivity contribution in [2.75, 3.05) is 26.2 Å². The van der Waals surface area contributed by atoms with Gasteiger partial charge in [-0.25, -0.2) is 0 Å². The molecule has 0 aromatic rings. The van der Waals surface area contributed by atoms with Crippen molar-refractivity contribution in [1.29, 1.82) is 0 Å². The van der Waals surface area contributed by atoms with E-state index in [1.54, 1.807) is 6.92 Å². The van der Waals surface area contributed by atoms with Gasteiger partial charge in [0.05, 0.1) is 6.61 Å². The van der Waals surface area contributed by atoms with Crippen LogP contribution < -0.4 is 10.6 Å². The molecule has 1 unspecified atom stereocenters. The number of hydrogen-bond acceptors (Lipinski definition) is 4. The molecule has 0 aromatic heterocycles. The maximum absolute atomic E-state index is 11.9. The number of ether oxygens (including phenoxy) is 1. The maximum Gasteiger partial charge on any atom is 0.306 e. The van der Waals surface area contributed by atoms with Crippen molar-refractivity contribution in [1.82, 2.24) is 10.6 Å². The minimum atomic E-state index is -0.193. The number of carbonyl (C=O) groups is 2. The summed E-state index contributed by atoms with van der Waals surface area (Å²) in [6.07, 6.45) is 2.16. The zero-order valence-electron chi connectivity index (χ0n) is 11.7. The van der Waals surface area contributed by atoms with Crippen LogP contribution in [-0.4, -0.2) is 38.1 Å². The molecule has 1 atom stereocenters. The van der Waals surface area contributed by atoms with Crippen molar-refractivity contribution < 1.29 is 14.3 Å². The van der Waals surface area contributed by atoms with Crippen molar-refractivity contribution in [3.8, 4) is 0 Å². The molecule has 2 N–H and O–H groups in total. The summed E-state index contributed by atoms with van der Waals surface area (Å²) in [7, 11) is 0. The number of nitrogens with one attached hydrogen (secondary N) is 2. The second-order valence-corrected chi connectivity index (χ2v) is 4.88. The van der Waals surface area contributed by atoms with Gasteiger partial charge in [0.1, 0.15) is 0 Å². The van der Waals surface area contributed by atoms with Crippen LogP contribution in [0, 0.1) is 11.8 Å². The Balaban J connectivity index is 0.00000324. The van der Waals surface area contributed by atoms with Gasteiger partial charge < -0.3 is 15.4 Å². The average molecular weight is 293 g/mol. The average Bonchev–Trinajstić information content (AvgIpc) is 2.37. The molecule has 0 radical (unpaired) electrons. The first kappa shape index (κ1) is 18.2. The molecular weight excluding hydrogens is 268 g/mol. The molecule has 0 bridgehead atoms. The summed E-state index contributed by atoms with van der Waals surface area (Å²) in [4.78, 5) is 23.1. The molecule has 112 valence electrons. The highest BCUT2D eigenvalue weighted by atomic mass is 35.5. The van der Waals surface area contributed by atoms with Crippen molar-refractivity contribution in [3.63, 3.8) is 0 Å². The third kappa shape index (κ3) is 7.38. The van der Waals surface area contributed by atoms with Crippen molar-refractivity contribution >= 4 is 24.3 Å². The van der Waals surface area contributed by atoms with Gasteiger partial charge in [-0.05, 0) is 38.8 Å². The predicted octanol–water partition coefficient (Wildman–Crippen LogP) is 1.11. The van der Waals surface area contributed by atoms with Gasteiger partial charge >= 0.3 is 5.97 Å². The van der Waals surface area contributed by atoms with Crippen molar-refractivity contribution in [2.24, 2.45) is 11.8 Å². The van der Waals surface area contributed by atoms with Crippen molar-refractivity contribution in [2.45, 2.75) is 33.1 Å². The zero-order valence-corrected chi connectivity index (χ0v) is 12.6. The normalized spacial score (nSPS) is 17.2. The number of carbonyl (C=O) groups excluding carboxylic acids is 2. The number of piperidine rings is 1. The lowest BCUT2D eigenvalue weighted by Crippen LogP contribution is -2.39. The molecule has 1 aliphatic rings. The molecular formula is C13H25ClN2O3. The molecule has 1 amide bonds. The third-order valence-electron chi connectivity index (χ3n) is 3.16. The van der Waals surface area contributed by atoms with Crippen LogP contribution in [0.5, 0.6) is 0 Å². The molecule has 6 heteroatoms. The Morgan fingerprint density at radius 1 is 1.37 bits per heavy atom. The van der Waals surface area contributed by atoms with E-state index in [0.29, 0.717) is 19.6 Å². The molecule has 1 heterocycles. The SMILES string of the molecule is CCOC(=O)CC(C)CNC(=O)C1CCNCC1.Cl. The van der Waals surface area contributed by atoms with E-state index < -0.39 is 0 Å². The highest BCUT2D eigenvalue weighted by Gasteiger charge is 2.21. The summed E-state index contributed by atoms with van der Waals surface area (Å²) in [5, 5.41) is 6.16. The molecule has 0 aliphatic carbocycles. The summed E-state index contributed by atoms with van der Waals surface area (Å²) in [6.45, 7) is 6.52. The second-order valence-electron chi connectivity index (χ2n) is 4.88. The summed E-state index contributed by atoms with van der Waals surface area (Å²) < 4.78 is 4.88. The summed E-state index contributed by atoms with van der Waals surface area (Å²) in [5.41, 5.74) is 0. The summed E-state index contributed by atoms with van der Waals surface area (Å²) in [5.74, 6) is 0.170. The number of hydrogen-bond donors (Lipinski definition) is 2. The van der Waals surface area contributed by atoms with E-state index in [2.05, 4.69) is 10.6 Å². The van der Waals surface area contributed by atoms with Crippen LogP contribution in [-0.2, 0) is 14.3 Å². The maximum atomic E-state index is 11.9. The molecule has 0 saturated carbocycles. The molecule has 1 fully saturated rings. The van der Waals surface area contributed by atoms with Gasteiger partial charge in [0.2, 0.25) is 5.91 Å². The fraction of sp³-hybridized carbons (Fsp3) is 0.846. The topological polar surface area (TPSA) is 67.4 Å². The van der Waals surface area contributed by atoms with E-state index >= 15 is 0 Å². The van der Waals surface area contributed by atoms with Crippen LogP contribution in [0.3, 0.4) is 0 Å². The first-order chi connectivity index (χ1) is 8.63.